The molecule has 1 aromatic carbocycles. The number of aromatic hydroxyl groups is 2. The van der Waals surface area contributed by atoms with Crippen LogP contribution in [0.4, 0.5) is 0 Å². The Morgan fingerprint density at radius 3 is 2.24 bits per heavy atom. The molecule has 0 amide bonds. The molecule has 0 aliphatic rings. The van der Waals surface area contributed by atoms with E-state index in [1.165, 1.54) is 12.1 Å². The van der Waals surface area contributed by atoms with Crippen molar-refractivity contribution in [2.75, 3.05) is 6.54 Å². The molecule has 0 aliphatic carbocycles. The van der Waals surface area contributed by atoms with Crippen LogP contribution in [-0.2, 0) is 0 Å². The number of aliphatic hydroxyl groups is 1. The number of phenols is 2. The van der Waals surface area contributed by atoms with Gasteiger partial charge in [-0.3, -0.25) is 0 Å². The van der Waals surface area contributed by atoms with Crippen LogP contribution in [0.5, 0.6) is 11.5 Å². The van der Waals surface area contributed by atoms with Gasteiger partial charge >= 0.3 is 0 Å². The van der Waals surface area contributed by atoms with Gasteiger partial charge in [-0.15, -0.1) is 12.4 Å². The lowest BCUT2D eigenvalue weighted by molar-refractivity contribution is 0.163. The molecule has 4 nitrogen and oxygen atoms in total. The Bertz CT molecular complexity index is 363. The second-order valence-electron chi connectivity index (χ2n) is 4.89. The highest BCUT2D eigenvalue weighted by Gasteiger charge is 2.14. The van der Waals surface area contributed by atoms with E-state index in [2.05, 4.69) is 5.32 Å². The zero-order chi connectivity index (χ0) is 12.3. The highest BCUT2D eigenvalue weighted by Crippen LogP contribution is 2.27. The van der Waals surface area contributed by atoms with Crippen LogP contribution < -0.4 is 5.32 Å². The van der Waals surface area contributed by atoms with E-state index >= 15 is 0 Å². The maximum atomic E-state index is 9.84. The fraction of sp³-hybridized carbons (Fsp3) is 0.500. The van der Waals surface area contributed by atoms with Gasteiger partial charge in [-0.05, 0) is 38.5 Å². The number of hydrogen-bond acceptors (Lipinski definition) is 4. The van der Waals surface area contributed by atoms with Gasteiger partial charge in [-0.1, -0.05) is 6.07 Å². The van der Waals surface area contributed by atoms with Crippen molar-refractivity contribution in [1.29, 1.82) is 0 Å². The van der Waals surface area contributed by atoms with E-state index in [0.29, 0.717) is 12.1 Å². The van der Waals surface area contributed by atoms with Gasteiger partial charge in [0.25, 0.3) is 0 Å². The number of aliphatic hydroxyl groups excluding tert-OH is 1. The topological polar surface area (TPSA) is 72.7 Å². The summed E-state index contributed by atoms with van der Waals surface area (Å²) >= 11 is 0. The molecule has 1 atom stereocenters. The molecule has 17 heavy (non-hydrogen) atoms. The lowest BCUT2D eigenvalue weighted by atomic mass is 10.1. The lowest BCUT2D eigenvalue weighted by Crippen LogP contribution is -2.38. The van der Waals surface area contributed by atoms with Gasteiger partial charge in [-0.25, -0.2) is 0 Å². The standard InChI is InChI=1S/C12H19NO3.ClH/c1-12(2,3)13-7-11(16)8-4-5-9(14)10(15)6-8;/h4-6,11,13-16H,7H2,1-3H3;1H/t11-;/m0./s1. The summed E-state index contributed by atoms with van der Waals surface area (Å²) in [5.41, 5.74) is 0.506. The molecule has 0 radical (unpaired) electrons. The number of β-amino-alcohol motifs (C(OH)–C–C–N with tert-alkyl or cyclic N) is 1. The first-order valence-electron chi connectivity index (χ1n) is 5.24. The number of hydrogen-bond donors (Lipinski definition) is 4. The van der Waals surface area contributed by atoms with Crippen molar-refractivity contribution in [3.8, 4) is 11.5 Å². The maximum absolute atomic E-state index is 9.84. The molecule has 4 N–H and O–H groups in total. The molecule has 0 saturated heterocycles. The van der Waals surface area contributed by atoms with Crippen LogP contribution in [0.2, 0.25) is 0 Å². The van der Waals surface area contributed by atoms with Crippen LogP contribution in [0.25, 0.3) is 0 Å². The van der Waals surface area contributed by atoms with Crippen molar-refractivity contribution in [2.24, 2.45) is 0 Å². The molecule has 0 unspecified atom stereocenters. The third-order valence-electron chi connectivity index (χ3n) is 2.21. The fourth-order valence-electron chi connectivity index (χ4n) is 1.27. The van der Waals surface area contributed by atoms with E-state index in [1.807, 2.05) is 20.8 Å². The van der Waals surface area contributed by atoms with Gasteiger partial charge in [0.1, 0.15) is 0 Å². The minimum absolute atomic E-state index is 0. The first kappa shape index (κ1) is 16.0. The summed E-state index contributed by atoms with van der Waals surface area (Å²) in [6.07, 6.45) is -0.703. The minimum atomic E-state index is -0.703. The molecule has 5 heteroatoms. The van der Waals surface area contributed by atoms with Crippen molar-refractivity contribution in [1.82, 2.24) is 5.32 Å². The van der Waals surface area contributed by atoms with E-state index in [-0.39, 0.29) is 29.4 Å². The zero-order valence-corrected chi connectivity index (χ0v) is 11.1. The molecule has 0 bridgehead atoms. The van der Waals surface area contributed by atoms with Crippen LogP contribution >= 0.6 is 12.4 Å². The van der Waals surface area contributed by atoms with Crippen LogP contribution in [0, 0.1) is 0 Å². The molecule has 0 heterocycles. The largest absolute Gasteiger partial charge is 0.504 e. The Labute approximate surface area is 108 Å². The number of halogens is 1. The van der Waals surface area contributed by atoms with Gasteiger partial charge in [0.05, 0.1) is 6.10 Å². The number of nitrogens with one attached hydrogen (secondary N) is 1. The summed E-state index contributed by atoms with van der Waals surface area (Å²) in [4.78, 5) is 0. The van der Waals surface area contributed by atoms with Crippen molar-refractivity contribution in [3.05, 3.63) is 23.8 Å². The van der Waals surface area contributed by atoms with E-state index in [1.54, 1.807) is 6.07 Å². The Morgan fingerprint density at radius 2 is 1.76 bits per heavy atom. The van der Waals surface area contributed by atoms with Crippen molar-refractivity contribution in [3.63, 3.8) is 0 Å². The van der Waals surface area contributed by atoms with Crippen LogP contribution in [-0.4, -0.2) is 27.4 Å². The number of benzene rings is 1. The number of phenolic OH excluding ortho intramolecular Hbond substituents is 2. The summed E-state index contributed by atoms with van der Waals surface area (Å²) < 4.78 is 0. The highest BCUT2D eigenvalue weighted by molar-refractivity contribution is 5.85. The van der Waals surface area contributed by atoms with E-state index in [9.17, 15) is 10.2 Å². The summed E-state index contributed by atoms with van der Waals surface area (Å²) in [5.74, 6) is -0.396. The van der Waals surface area contributed by atoms with E-state index < -0.39 is 6.10 Å². The minimum Gasteiger partial charge on any atom is -0.504 e. The van der Waals surface area contributed by atoms with Gasteiger partial charge in [0.2, 0.25) is 0 Å². The predicted octanol–water partition coefficient (Wildman–Crippen LogP) is 1.94. The third-order valence-corrected chi connectivity index (χ3v) is 2.21. The SMILES string of the molecule is CC(C)(C)NC[C@H](O)c1ccc(O)c(O)c1.Cl. The zero-order valence-electron chi connectivity index (χ0n) is 10.3. The smallest absolute Gasteiger partial charge is 0.157 e. The van der Waals surface area contributed by atoms with Gasteiger partial charge in [-0.2, -0.15) is 0 Å². The molecule has 0 fully saturated rings. The van der Waals surface area contributed by atoms with Crippen LogP contribution in [0.3, 0.4) is 0 Å². The van der Waals surface area contributed by atoms with E-state index in [0.717, 1.165) is 0 Å². The first-order valence-corrected chi connectivity index (χ1v) is 5.24. The monoisotopic (exact) mass is 261 g/mol. The van der Waals surface area contributed by atoms with Crippen LogP contribution in [0.1, 0.15) is 32.4 Å². The fourth-order valence-corrected chi connectivity index (χ4v) is 1.27. The Morgan fingerprint density at radius 1 is 1.18 bits per heavy atom. The Hall–Kier alpha value is -0.970. The Kier molecular flexibility index (Phi) is 5.75. The maximum Gasteiger partial charge on any atom is 0.157 e. The molecule has 1 rings (SSSR count). The van der Waals surface area contributed by atoms with Gasteiger partial charge < -0.3 is 20.6 Å². The van der Waals surface area contributed by atoms with Gasteiger partial charge in [0.15, 0.2) is 11.5 Å². The molecular weight excluding hydrogens is 242 g/mol. The molecule has 0 aromatic heterocycles. The molecular formula is C12H20ClNO3. The van der Waals surface area contributed by atoms with E-state index in [4.69, 9.17) is 5.11 Å². The molecule has 0 saturated carbocycles. The van der Waals surface area contributed by atoms with Crippen molar-refractivity contribution < 1.29 is 15.3 Å². The Balaban J connectivity index is 0.00000256. The molecule has 0 spiro atoms. The van der Waals surface area contributed by atoms with Crippen molar-refractivity contribution in [2.45, 2.75) is 32.4 Å². The lowest BCUT2D eigenvalue weighted by Gasteiger charge is -2.23. The van der Waals surface area contributed by atoms with Gasteiger partial charge in [0, 0.05) is 12.1 Å². The summed E-state index contributed by atoms with van der Waals surface area (Å²) in [6.45, 7) is 6.42. The summed E-state index contributed by atoms with van der Waals surface area (Å²) in [5, 5.41) is 31.4. The predicted molar refractivity (Wildman–Crippen MR) is 69.7 cm³/mol. The average Bonchev–Trinajstić information content (AvgIpc) is 2.17. The average molecular weight is 262 g/mol. The molecule has 98 valence electrons. The molecule has 1 aromatic rings. The summed E-state index contributed by atoms with van der Waals surface area (Å²) in [6, 6.07) is 4.32. The van der Waals surface area contributed by atoms with Crippen molar-refractivity contribution >= 4 is 12.4 Å². The number of rotatable bonds is 3. The summed E-state index contributed by atoms with van der Waals surface area (Å²) in [7, 11) is 0. The van der Waals surface area contributed by atoms with Crippen LogP contribution in [0.15, 0.2) is 18.2 Å². The molecule has 0 aliphatic heterocycles. The highest BCUT2D eigenvalue weighted by atomic mass is 35.5. The quantitative estimate of drug-likeness (QED) is 0.628. The second kappa shape index (κ2) is 6.10. The second-order valence-corrected chi connectivity index (χ2v) is 4.89. The first-order chi connectivity index (χ1) is 7.29. The normalized spacial score (nSPS) is 12.9. The third kappa shape index (κ3) is 5.26.